The van der Waals surface area contributed by atoms with Crippen LogP contribution in [0.15, 0.2) is 49.1 Å². The maximum Gasteiger partial charge on any atom is 0.490 e. The summed E-state index contributed by atoms with van der Waals surface area (Å²) >= 11 is 0. The lowest BCUT2D eigenvalue weighted by atomic mass is 9.78. The minimum absolute atomic E-state index is 0.187. The van der Waals surface area contributed by atoms with E-state index in [1.807, 2.05) is 29.3 Å². The maximum atomic E-state index is 13.2. The number of carbonyl (C=O) groups excluding carboxylic acids is 1. The molecule has 4 heterocycles. The number of aromatic nitrogens is 2. The van der Waals surface area contributed by atoms with E-state index in [2.05, 4.69) is 20.9 Å². The van der Waals surface area contributed by atoms with Crippen LogP contribution in [0, 0.1) is 5.41 Å². The Morgan fingerprint density at radius 1 is 0.717 bits per heavy atom. The average Bonchev–Trinajstić information content (AvgIpc) is 3.23. The Balaban J connectivity index is 0.000000413. The second kappa shape index (κ2) is 16.7. The predicted octanol–water partition coefficient (Wildman–Crippen LogP) is 4.39. The van der Waals surface area contributed by atoms with Crippen molar-refractivity contribution in [1.82, 2.24) is 19.8 Å². The first kappa shape index (κ1) is 39.5. The van der Waals surface area contributed by atoms with Gasteiger partial charge in [0.1, 0.15) is 0 Å². The Morgan fingerprint density at radius 2 is 1.22 bits per heavy atom. The number of aliphatic carboxylic acids is 3. The summed E-state index contributed by atoms with van der Waals surface area (Å²) in [6, 6.07) is 8.08. The van der Waals surface area contributed by atoms with E-state index >= 15 is 0 Å². The van der Waals surface area contributed by atoms with E-state index in [4.69, 9.17) is 29.7 Å². The molecule has 1 atom stereocenters. The molecule has 3 N–H and O–H groups in total. The number of alkyl halides is 9. The van der Waals surface area contributed by atoms with Gasteiger partial charge in [0.05, 0.1) is 5.41 Å². The summed E-state index contributed by atoms with van der Waals surface area (Å²) in [7, 11) is 0. The molecule has 1 spiro atoms. The minimum Gasteiger partial charge on any atom is -0.475 e. The number of carboxylic acids is 3. The van der Waals surface area contributed by atoms with Gasteiger partial charge in [-0.25, -0.2) is 14.4 Å². The van der Waals surface area contributed by atoms with Crippen LogP contribution in [0.3, 0.4) is 0 Å². The second-order valence-corrected chi connectivity index (χ2v) is 9.70. The molecular formula is C26H27F9N4O7. The molecule has 0 radical (unpaired) electrons. The molecule has 256 valence electrons. The SMILES string of the molecule is O=C(O)C(F)(F)F.O=C(O)C(F)(F)F.O=C(O)C(F)(F)F.O=C1N(Cc2ccncc2)CCC12CCCN(Cc1cccnc1)C2. The number of carboxylic acid groups (broad SMARTS) is 3. The first-order chi connectivity index (χ1) is 21.1. The third kappa shape index (κ3) is 13.7. The highest BCUT2D eigenvalue weighted by Crippen LogP contribution is 2.41. The van der Waals surface area contributed by atoms with Crippen LogP contribution >= 0.6 is 0 Å². The maximum absolute atomic E-state index is 13.2. The molecule has 46 heavy (non-hydrogen) atoms. The van der Waals surface area contributed by atoms with Crippen molar-refractivity contribution in [3.63, 3.8) is 0 Å². The highest BCUT2D eigenvalue weighted by Gasteiger charge is 2.48. The molecule has 2 aliphatic rings. The van der Waals surface area contributed by atoms with Gasteiger partial charge in [-0.15, -0.1) is 0 Å². The molecule has 0 aliphatic carbocycles. The largest absolute Gasteiger partial charge is 0.490 e. The smallest absolute Gasteiger partial charge is 0.475 e. The van der Waals surface area contributed by atoms with E-state index in [0.717, 1.165) is 51.0 Å². The molecule has 0 saturated carbocycles. The number of carbonyl (C=O) groups is 4. The fourth-order valence-electron chi connectivity index (χ4n) is 4.24. The van der Waals surface area contributed by atoms with Gasteiger partial charge in [0.25, 0.3) is 0 Å². The summed E-state index contributed by atoms with van der Waals surface area (Å²) in [5.74, 6) is -7.94. The number of hydrogen-bond donors (Lipinski definition) is 3. The van der Waals surface area contributed by atoms with Crippen LogP contribution in [0.4, 0.5) is 39.5 Å². The van der Waals surface area contributed by atoms with E-state index in [0.29, 0.717) is 12.5 Å². The lowest BCUT2D eigenvalue weighted by Gasteiger charge is -2.39. The van der Waals surface area contributed by atoms with Crippen molar-refractivity contribution in [3.05, 3.63) is 60.2 Å². The Kier molecular flexibility index (Phi) is 14.4. The zero-order valence-electron chi connectivity index (χ0n) is 23.4. The van der Waals surface area contributed by atoms with Crippen LogP contribution in [-0.2, 0) is 32.3 Å². The van der Waals surface area contributed by atoms with Crippen molar-refractivity contribution in [3.8, 4) is 0 Å². The number of hydrogen-bond acceptors (Lipinski definition) is 7. The third-order valence-corrected chi connectivity index (χ3v) is 6.24. The molecule has 2 aliphatic heterocycles. The Morgan fingerprint density at radius 3 is 1.65 bits per heavy atom. The highest BCUT2D eigenvalue weighted by atomic mass is 19.4. The molecule has 2 aromatic heterocycles. The summed E-state index contributed by atoms with van der Waals surface area (Å²) in [6.07, 6.45) is -4.85. The third-order valence-electron chi connectivity index (χ3n) is 6.24. The first-order valence-corrected chi connectivity index (χ1v) is 12.8. The van der Waals surface area contributed by atoms with Crippen LogP contribution < -0.4 is 0 Å². The van der Waals surface area contributed by atoms with Crippen molar-refractivity contribution in [2.45, 2.75) is 50.9 Å². The second-order valence-electron chi connectivity index (χ2n) is 9.70. The van der Waals surface area contributed by atoms with Crippen molar-refractivity contribution < 1.29 is 74.0 Å². The van der Waals surface area contributed by atoms with Crippen molar-refractivity contribution in [2.24, 2.45) is 5.41 Å². The van der Waals surface area contributed by atoms with Crippen LogP contribution in [0.5, 0.6) is 0 Å². The number of nitrogens with zero attached hydrogens (tertiary/aromatic N) is 4. The van der Waals surface area contributed by atoms with Gasteiger partial charge in [0.2, 0.25) is 5.91 Å². The lowest BCUT2D eigenvalue weighted by Crippen LogP contribution is -2.47. The normalized spacial score (nSPS) is 18.3. The molecule has 1 amide bonds. The zero-order valence-corrected chi connectivity index (χ0v) is 23.4. The molecule has 20 heteroatoms. The Labute approximate surface area is 254 Å². The molecule has 2 fully saturated rings. The molecule has 0 aromatic carbocycles. The number of likely N-dealkylation sites (tertiary alicyclic amines) is 2. The van der Waals surface area contributed by atoms with Gasteiger partial charge >= 0.3 is 36.4 Å². The summed E-state index contributed by atoms with van der Waals surface area (Å²) in [5.41, 5.74) is 2.19. The first-order valence-electron chi connectivity index (χ1n) is 12.8. The Hall–Kier alpha value is -4.49. The van der Waals surface area contributed by atoms with E-state index in [9.17, 15) is 44.3 Å². The van der Waals surface area contributed by atoms with Crippen LogP contribution in [0.25, 0.3) is 0 Å². The number of pyridine rings is 2. The standard InChI is InChI=1S/C20H24N4O.3C2HF3O2/c25-19-20(7-12-24(19)15-17-4-9-21-10-5-17)6-2-11-23(16-20)14-18-3-1-8-22-13-18;3*3-2(4,5)1(6)7/h1,3-5,8-10,13H,2,6-7,11-12,14-16H2;3*(H,6,7). The predicted molar refractivity (Wildman–Crippen MR) is 137 cm³/mol. The molecular weight excluding hydrogens is 651 g/mol. The van der Waals surface area contributed by atoms with E-state index in [-0.39, 0.29) is 5.41 Å². The van der Waals surface area contributed by atoms with Crippen molar-refractivity contribution in [2.75, 3.05) is 19.6 Å². The molecule has 0 bridgehead atoms. The van der Waals surface area contributed by atoms with E-state index in [1.54, 1.807) is 18.6 Å². The molecule has 1 unspecified atom stereocenters. The number of halogens is 9. The monoisotopic (exact) mass is 678 g/mol. The van der Waals surface area contributed by atoms with Crippen molar-refractivity contribution >= 4 is 23.8 Å². The zero-order chi connectivity index (χ0) is 35.3. The quantitative estimate of drug-likeness (QED) is 0.396. The molecule has 4 rings (SSSR count). The van der Waals surface area contributed by atoms with Crippen LogP contribution in [0.2, 0.25) is 0 Å². The average molecular weight is 679 g/mol. The molecule has 11 nitrogen and oxygen atoms in total. The fourth-order valence-corrected chi connectivity index (χ4v) is 4.24. The summed E-state index contributed by atoms with van der Waals surface area (Å²) in [4.78, 5) is 52.6. The highest BCUT2D eigenvalue weighted by molar-refractivity contribution is 5.85. The minimum atomic E-state index is -5.08. The topological polar surface area (TPSA) is 161 Å². The summed E-state index contributed by atoms with van der Waals surface area (Å²) < 4.78 is 95.2. The molecule has 2 saturated heterocycles. The fraction of sp³-hybridized carbons (Fsp3) is 0.462. The van der Waals surface area contributed by atoms with Gasteiger partial charge in [0, 0.05) is 51.0 Å². The Bertz CT molecular complexity index is 1240. The van der Waals surface area contributed by atoms with E-state index < -0.39 is 36.4 Å². The lowest BCUT2D eigenvalue weighted by molar-refractivity contribution is -0.193. The van der Waals surface area contributed by atoms with Gasteiger partial charge in [0.15, 0.2) is 0 Å². The van der Waals surface area contributed by atoms with Crippen LogP contribution in [0.1, 0.15) is 30.4 Å². The van der Waals surface area contributed by atoms with Gasteiger partial charge < -0.3 is 20.2 Å². The van der Waals surface area contributed by atoms with Gasteiger partial charge in [-0.3, -0.25) is 19.7 Å². The van der Waals surface area contributed by atoms with Gasteiger partial charge in [-0.2, -0.15) is 39.5 Å². The van der Waals surface area contributed by atoms with Gasteiger partial charge in [-0.05, 0) is 55.1 Å². The van der Waals surface area contributed by atoms with E-state index in [1.165, 1.54) is 5.56 Å². The number of rotatable bonds is 4. The summed E-state index contributed by atoms with van der Waals surface area (Å²) in [6.45, 7) is 4.38. The summed E-state index contributed by atoms with van der Waals surface area (Å²) in [5, 5.41) is 21.4. The number of piperidine rings is 1. The number of amides is 1. The van der Waals surface area contributed by atoms with Crippen molar-refractivity contribution in [1.29, 1.82) is 0 Å². The molecule has 2 aromatic rings. The van der Waals surface area contributed by atoms with Crippen LogP contribution in [-0.4, -0.2) is 97.1 Å². The van der Waals surface area contributed by atoms with Gasteiger partial charge in [-0.1, -0.05) is 6.07 Å².